The highest BCUT2D eigenvalue weighted by atomic mass is 35.5. The second-order valence-electron chi connectivity index (χ2n) is 3.19. The van der Waals surface area contributed by atoms with Crippen LogP contribution < -0.4 is 11.1 Å². The van der Waals surface area contributed by atoms with Crippen LogP contribution in [-0.4, -0.2) is 22.4 Å². The average molecular weight is 263 g/mol. The Morgan fingerprint density at radius 1 is 1.44 bits per heavy atom. The molecular formula is C9H12Cl2N4O. The van der Waals surface area contributed by atoms with E-state index >= 15 is 0 Å². The van der Waals surface area contributed by atoms with Gasteiger partial charge in [0.15, 0.2) is 0 Å². The third-order valence-corrected chi connectivity index (χ3v) is 2.32. The monoisotopic (exact) mass is 262 g/mol. The van der Waals surface area contributed by atoms with Gasteiger partial charge in [0.25, 0.3) is 0 Å². The van der Waals surface area contributed by atoms with Crippen LogP contribution in [0.25, 0.3) is 0 Å². The summed E-state index contributed by atoms with van der Waals surface area (Å²) >= 11 is 11.5. The summed E-state index contributed by atoms with van der Waals surface area (Å²) in [6, 6.07) is 0. The number of nitrogens with zero attached hydrogens (tertiary/aromatic N) is 2. The molecule has 1 rings (SSSR count). The maximum atomic E-state index is 10.5. The Balaban J connectivity index is 2.31. The van der Waals surface area contributed by atoms with Gasteiger partial charge in [0.2, 0.25) is 11.2 Å². The van der Waals surface area contributed by atoms with Crippen LogP contribution in [0.15, 0.2) is 6.20 Å². The van der Waals surface area contributed by atoms with Crippen LogP contribution >= 0.6 is 23.2 Å². The van der Waals surface area contributed by atoms with E-state index in [0.29, 0.717) is 23.8 Å². The largest absolute Gasteiger partial charge is 0.370 e. The molecule has 88 valence electrons. The fourth-order valence-electron chi connectivity index (χ4n) is 1.10. The molecule has 0 unspecified atom stereocenters. The summed E-state index contributed by atoms with van der Waals surface area (Å²) in [6.07, 6.45) is 3.36. The maximum Gasteiger partial charge on any atom is 0.224 e. The Labute approximate surface area is 103 Å². The Kier molecular flexibility index (Phi) is 5.28. The highest BCUT2D eigenvalue weighted by Gasteiger charge is 2.03. The standard InChI is InChI=1S/C9H12Cl2N4O/c10-6-5-14-9(11)15-8(6)13-4-2-1-3-7(12)16/h5H,1-4H2,(H2,12,16)(H,13,14,15). The van der Waals surface area contributed by atoms with Gasteiger partial charge in [0.1, 0.15) is 10.8 Å². The molecule has 1 amide bonds. The van der Waals surface area contributed by atoms with Gasteiger partial charge in [0.05, 0.1) is 6.20 Å². The van der Waals surface area contributed by atoms with Crippen LogP contribution in [0.4, 0.5) is 5.82 Å². The molecule has 16 heavy (non-hydrogen) atoms. The second kappa shape index (κ2) is 6.50. The number of primary amides is 1. The van der Waals surface area contributed by atoms with E-state index in [0.717, 1.165) is 12.8 Å². The minimum atomic E-state index is -0.289. The normalized spacial score (nSPS) is 10.1. The number of amides is 1. The first-order valence-electron chi connectivity index (χ1n) is 4.80. The molecule has 0 aliphatic carbocycles. The number of carbonyl (C=O) groups excluding carboxylic acids is 1. The van der Waals surface area contributed by atoms with E-state index in [-0.39, 0.29) is 11.2 Å². The highest BCUT2D eigenvalue weighted by molar-refractivity contribution is 6.33. The molecule has 0 saturated carbocycles. The Morgan fingerprint density at radius 2 is 2.19 bits per heavy atom. The number of hydrogen-bond donors (Lipinski definition) is 2. The Hall–Kier alpha value is -1.07. The van der Waals surface area contributed by atoms with Gasteiger partial charge in [-0.2, -0.15) is 4.98 Å². The zero-order valence-electron chi connectivity index (χ0n) is 8.54. The van der Waals surface area contributed by atoms with E-state index in [4.69, 9.17) is 28.9 Å². The van der Waals surface area contributed by atoms with Crippen molar-refractivity contribution >= 4 is 34.9 Å². The summed E-state index contributed by atoms with van der Waals surface area (Å²) in [5.41, 5.74) is 5.01. The van der Waals surface area contributed by atoms with Crippen LogP contribution in [0.5, 0.6) is 0 Å². The van der Waals surface area contributed by atoms with E-state index < -0.39 is 0 Å². The SMILES string of the molecule is NC(=O)CCCCNc1nc(Cl)ncc1Cl. The van der Waals surface area contributed by atoms with Crippen molar-refractivity contribution in [3.05, 3.63) is 16.5 Å². The fraction of sp³-hybridized carbons (Fsp3) is 0.444. The number of aromatic nitrogens is 2. The van der Waals surface area contributed by atoms with Crippen molar-refractivity contribution in [1.29, 1.82) is 0 Å². The number of nitrogens with one attached hydrogen (secondary N) is 1. The summed E-state index contributed by atoms with van der Waals surface area (Å²) in [6.45, 7) is 0.653. The molecule has 0 bridgehead atoms. The topological polar surface area (TPSA) is 80.9 Å². The van der Waals surface area contributed by atoms with Gasteiger partial charge in [0, 0.05) is 13.0 Å². The molecule has 0 aliphatic rings. The van der Waals surface area contributed by atoms with E-state index in [1.807, 2.05) is 0 Å². The van der Waals surface area contributed by atoms with Crippen molar-refractivity contribution in [1.82, 2.24) is 9.97 Å². The van der Waals surface area contributed by atoms with Crippen molar-refractivity contribution < 1.29 is 4.79 Å². The van der Waals surface area contributed by atoms with Crippen molar-refractivity contribution in [2.45, 2.75) is 19.3 Å². The van der Waals surface area contributed by atoms with Gasteiger partial charge in [-0.1, -0.05) is 11.6 Å². The molecule has 0 radical (unpaired) electrons. The number of nitrogens with two attached hydrogens (primary N) is 1. The lowest BCUT2D eigenvalue weighted by molar-refractivity contribution is -0.118. The fourth-order valence-corrected chi connectivity index (χ4v) is 1.39. The summed E-state index contributed by atoms with van der Waals surface area (Å²) in [4.78, 5) is 18.1. The number of unbranched alkanes of at least 4 members (excludes halogenated alkanes) is 1. The predicted octanol–water partition coefficient (Wildman–Crippen LogP) is 1.85. The first kappa shape index (κ1) is 13.0. The van der Waals surface area contributed by atoms with E-state index in [9.17, 15) is 4.79 Å². The predicted molar refractivity (Wildman–Crippen MR) is 63.6 cm³/mol. The number of carbonyl (C=O) groups is 1. The van der Waals surface area contributed by atoms with Crippen LogP contribution in [0.2, 0.25) is 10.3 Å². The van der Waals surface area contributed by atoms with Crippen LogP contribution in [-0.2, 0) is 4.79 Å². The van der Waals surface area contributed by atoms with Gasteiger partial charge in [-0.15, -0.1) is 0 Å². The number of anilines is 1. The molecule has 0 saturated heterocycles. The van der Waals surface area contributed by atoms with Gasteiger partial charge >= 0.3 is 0 Å². The molecule has 1 aromatic rings. The third-order valence-electron chi connectivity index (χ3n) is 1.86. The quantitative estimate of drug-likeness (QED) is 0.606. The molecule has 3 N–H and O–H groups in total. The average Bonchev–Trinajstić information content (AvgIpc) is 2.22. The Morgan fingerprint density at radius 3 is 2.88 bits per heavy atom. The minimum absolute atomic E-state index is 0.143. The van der Waals surface area contributed by atoms with E-state index in [1.54, 1.807) is 0 Å². The number of halogens is 2. The smallest absolute Gasteiger partial charge is 0.224 e. The second-order valence-corrected chi connectivity index (χ2v) is 3.93. The third kappa shape index (κ3) is 4.63. The van der Waals surface area contributed by atoms with Gasteiger partial charge in [-0.25, -0.2) is 4.98 Å². The molecule has 0 spiro atoms. The van der Waals surface area contributed by atoms with Gasteiger partial charge in [-0.05, 0) is 24.4 Å². The Bertz CT molecular complexity index is 373. The van der Waals surface area contributed by atoms with Crippen LogP contribution in [0.3, 0.4) is 0 Å². The molecule has 0 aromatic carbocycles. The molecule has 0 atom stereocenters. The molecule has 0 fully saturated rings. The lowest BCUT2D eigenvalue weighted by Gasteiger charge is -2.06. The van der Waals surface area contributed by atoms with Crippen LogP contribution in [0.1, 0.15) is 19.3 Å². The van der Waals surface area contributed by atoms with E-state index in [1.165, 1.54) is 6.20 Å². The first-order valence-corrected chi connectivity index (χ1v) is 5.55. The first-order chi connectivity index (χ1) is 7.59. The summed E-state index contributed by atoms with van der Waals surface area (Å²) < 4.78 is 0. The lowest BCUT2D eigenvalue weighted by atomic mass is 10.2. The molecule has 1 aromatic heterocycles. The van der Waals surface area contributed by atoms with Crippen LogP contribution in [0, 0.1) is 0 Å². The van der Waals surface area contributed by atoms with Crippen molar-refractivity contribution in [2.75, 3.05) is 11.9 Å². The molecule has 5 nitrogen and oxygen atoms in total. The minimum Gasteiger partial charge on any atom is -0.370 e. The van der Waals surface area contributed by atoms with Crippen molar-refractivity contribution in [3.63, 3.8) is 0 Å². The molecule has 1 heterocycles. The lowest BCUT2D eigenvalue weighted by Crippen LogP contribution is -2.11. The zero-order valence-corrected chi connectivity index (χ0v) is 10.1. The summed E-state index contributed by atoms with van der Waals surface area (Å²) in [5, 5.41) is 3.57. The number of hydrogen-bond acceptors (Lipinski definition) is 4. The number of rotatable bonds is 6. The highest BCUT2D eigenvalue weighted by Crippen LogP contribution is 2.19. The zero-order chi connectivity index (χ0) is 12.0. The maximum absolute atomic E-state index is 10.5. The molecule has 7 heteroatoms. The molecular weight excluding hydrogens is 251 g/mol. The molecule has 0 aliphatic heterocycles. The van der Waals surface area contributed by atoms with Crippen molar-refractivity contribution in [2.24, 2.45) is 5.73 Å². The van der Waals surface area contributed by atoms with Crippen molar-refractivity contribution in [3.8, 4) is 0 Å². The summed E-state index contributed by atoms with van der Waals surface area (Å²) in [5.74, 6) is 0.212. The summed E-state index contributed by atoms with van der Waals surface area (Å²) in [7, 11) is 0. The van der Waals surface area contributed by atoms with E-state index in [2.05, 4.69) is 15.3 Å². The van der Waals surface area contributed by atoms with Gasteiger partial charge < -0.3 is 11.1 Å². The van der Waals surface area contributed by atoms with Gasteiger partial charge in [-0.3, -0.25) is 4.79 Å².